The zero-order valence-electron chi connectivity index (χ0n) is 14.4. The fourth-order valence-corrected chi connectivity index (χ4v) is 5.76. The van der Waals surface area contributed by atoms with Gasteiger partial charge in [-0.2, -0.15) is 0 Å². The average molecular weight is 338 g/mol. The highest BCUT2D eigenvalue weighted by molar-refractivity contribution is 7.10. The number of hydrogen-bond acceptors (Lipinski definition) is 4. The molecule has 0 N–H and O–H groups in total. The molecule has 0 spiro atoms. The van der Waals surface area contributed by atoms with Crippen LogP contribution < -0.4 is 0 Å². The maximum absolute atomic E-state index is 13.2. The summed E-state index contributed by atoms with van der Waals surface area (Å²) in [6, 6.07) is 4.13. The molecule has 2 heterocycles. The topological polar surface area (TPSA) is 42.9 Å². The van der Waals surface area contributed by atoms with Gasteiger partial charge in [-0.05, 0) is 36.0 Å². The van der Waals surface area contributed by atoms with E-state index in [1.807, 2.05) is 17.9 Å². The van der Waals surface area contributed by atoms with Crippen LogP contribution in [0.4, 0.5) is 0 Å². The van der Waals surface area contributed by atoms with E-state index in [4.69, 9.17) is 0 Å². The standard InChI is InChI=1S/C20H22N2OS/c1-4-20(14-5-7-21-8-6-14)17-13(9-15-18(20)24-12-22-15)10-19(2,3)11-16(17)23/h5-8,12H,4,9-11H2,1-3H3. The summed E-state index contributed by atoms with van der Waals surface area (Å²) in [6.45, 7) is 6.59. The molecule has 4 rings (SSSR count). The van der Waals surface area contributed by atoms with Crippen molar-refractivity contribution >= 4 is 17.1 Å². The normalized spacial score (nSPS) is 25.4. The van der Waals surface area contributed by atoms with Crippen LogP contribution in [-0.4, -0.2) is 15.8 Å². The predicted molar refractivity (Wildman–Crippen MR) is 96.2 cm³/mol. The summed E-state index contributed by atoms with van der Waals surface area (Å²) < 4.78 is 0. The zero-order valence-corrected chi connectivity index (χ0v) is 15.2. The minimum atomic E-state index is -0.347. The third kappa shape index (κ3) is 2.12. The highest BCUT2D eigenvalue weighted by Crippen LogP contribution is 2.54. The number of carbonyl (C=O) groups excluding carboxylic acids is 1. The van der Waals surface area contributed by atoms with Gasteiger partial charge < -0.3 is 0 Å². The molecule has 124 valence electrons. The zero-order chi connectivity index (χ0) is 16.9. The largest absolute Gasteiger partial charge is 0.294 e. The maximum Gasteiger partial charge on any atom is 0.160 e. The Kier molecular flexibility index (Phi) is 3.50. The summed E-state index contributed by atoms with van der Waals surface area (Å²) in [5, 5.41) is 0. The van der Waals surface area contributed by atoms with E-state index in [1.54, 1.807) is 11.3 Å². The monoisotopic (exact) mass is 338 g/mol. The molecule has 1 atom stereocenters. The van der Waals surface area contributed by atoms with Crippen molar-refractivity contribution in [2.24, 2.45) is 5.41 Å². The molecule has 2 aliphatic carbocycles. The molecule has 0 aromatic carbocycles. The van der Waals surface area contributed by atoms with E-state index in [2.05, 4.69) is 42.9 Å². The molecule has 3 nitrogen and oxygen atoms in total. The third-order valence-corrected chi connectivity index (χ3v) is 6.53. The van der Waals surface area contributed by atoms with Gasteiger partial charge in [0.05, 0.1) is 16.6 Å². The molecule has 0 radical (unpaired) electrons. The Morgan fingerprint density at radius 1 is 1.21 bits per heavy atom. The van der Waals surface area contributed by atoms with E-state index in [0.29, 0.717) is 12.2 Å². The molecule has 2 aromatic heterocycles. The molecule has 0 saturated carbocycles. The lowest BCUT2D eigenvalue weighted by atomic mass is 9.59. The summed E-state index contributed by atoms with van der Waals surface area (Å²) >= 11 is 1.69. The first kappa shape index (κ1) is 15.7. The van der Waals surface area contributed by atoms with Crippen LogP contribution in [0.25, 0.3) is 0 Å². The fraction of sp³-hybridized carbons (Fsp3) is 0.450. The Hall–Kier alpha value is -1.81. The molecule has 0 saturated heterocycles. The van der Waals surface area contributed by atoms with Crippen molar-refractivity contribution in [3.63, 3.8) is 0 Å². The molecule has 0 fully saturated rings. The van der Waals surface area contributed by atoms with E-state index in [1.165, 1.54) is 16.0 Å². The first-order chi connectivity index (χ1) is 11.5. The second kappa shape index (κ2) is 5.35. The minimum absolute atomic E-state index is 0.0428. The van der Waals surface area contributed by atoms with Gasteiger partial charge in [-0.25, -0.2) is 4.98 Å². The van der Waals surface area contributed by atoms with Gasteiger partial charge in [0.15, 0.2) is 5.78 Å². The van der Waals surface area contributed by atoms with Gasteiger partial charge in [0.25, 0.3) is 0 Å². The van der Waals surface area contributed by atoms with Gasteiger partial charge in [-0.3, -0.25) is 9.78 Å². The molecule has 4 heteroatoms. The van der Waals surface area contributed by atoms with Gasteiger partial charge >= 0.3 is 0 Å². The molecular formula is C20H22N2OS. The van der Waals surface area contributed by atoms with Gasteiger partial charge in [0.1, 0.15) is 0 Å². The Morgan fingerprint density at radius 2 is 1.96 bits per heavy atom. The van der Waals surface area contributed by atoms with E-state index in [-0.39, 0.29) is 10.8 Å². The van der Waals surface area contributed by atoms with Crippen molar-refractivity contribution in [1.82, 2.24) is 9.97 Å². The Morgan fingerprint density at radius 3 is 2.67 bits per heavy atom. The number of ketones is 1. The minimum Gasteiger partial charge on any atom is -0.294 e. The van der Waals surface area contributed by atoms with Crippen LogP contribution in [-0.2, 0) is 16.6 Å². The number of Topliss-reactive ketones (excluding diaryl/α,β-unsaturated/α-hetero) is 1. The number of nitrogens with zero attached hydrogens (tertiary/aromatic N) is 2. The average Bonchev–Trinajstić information content (AvgIpc) is 3.01. The summed E-state index contributed by atoms with van der Waals surface area (Å²) in [7, 11) is 0. The molecule has 0 amide bonds. The summed E-state index contributed by atoms with van der Waals surface area (Å²) in [6.07, 6.45) is 6.98. The molecule has 2 aliphatic rings. The van der Waals surface area contributed by atoms with E-state index in [9.17, 15) is 4.79 Å². The van der Waals surface area contributed by atoms with Gasteiger partial charge in [-0.15, -0.1) is 11.3 Å². The molecule has 0 aliphatic heterocycles. The quantitative estimate of drug-likeness (QED) is 0.811. The lowest BCUT2D eigenvalue weighted by Gasteiger charge is -2.44. The van der Waals surface area contributed by atoms with Gasteiger partial charge in [0.2, 0.25) is 0 Å². The van der Waals surface area contributed by atoms with Crippen LogP contribution in [0.5, 0.6) is 0 Å². The summed E-state index contributed by atoms with van der Waals surface area (Å²) in [5.74, 6) is 0.318. The predicted octanol–water partition coefficient (Wildman–Crippen LogP) is 4.48. The van der Waals surface area contributed by atoms with Crippen molar-refractivity contribution in [2.75, 3.05) is 0 Å². The number of thiazole rings is 1. The van der Waals surface area contributed by atoms with Crippen LogP contribution in [0.3, 0.4) is 0 Å². The number of allylic oxidation sites excluding steroid dienone is 2. The molecule has 2 aromatic rings. The highest BCUT2D eigenvalue weighted by atomic mass is 32.1. The third-order valence-electron chi connectivity index (χ3n) is 5.50. The van der Waals surface area contributed by atoms with Crippen LogP contribution in [0.1, 0.15) is 56.2 Å². The number of carbonyl (C=O) groups is 1. The van der Waals surface area contributed by atoms with Crippen LogP contribution in [0, 0.1) is 5.41 Å². The van der Waals surface area contributed by atoms with Crippen molar-refractivity contribution in [3.05, 3.63) is 57.3 Å². The summed E-state index contributed by atoms with van der Waals surface area (Å²) in [4.78, 5) is 23.3. The Balaban J connectivity index is 2.03. The van der Waals surface area contributed by atoms with Crippen LogP contribution >= 0.6 is 11.3 Å². The Labute approximate surface area is 146 Å². The highest BCUT2D eigenvalue weighted by Gasteiger charge is 2.49. The van der Waals surface area contributed by atoms with Crippen molar-refractivity contribution < 1.29 is 4.79 Å². The first-order valence-corrected chi connectivity index (χ1v) is 9.45. The molecule has 0 bridgehead atoms. The second-order valence-electron chi connectivity index (χ2n) is 7.72. The lowest BCUT2D eigenvalue weighted by molar-refractivity contribution is -0.118. The second-order valence-corrected chi connectivity index (χ2v) is 8.57. The van der Waals surface area contributed by atoms with Crippen LogP contribution in [0.15, 0.2) is 41.2 Å². The van der Waals surface area contributed by atoms with E-state index >= 15 is 0 Å². The fourth-order valence-electron chi connectivity index (χ4n) is 4.65. The molecule has 1 unspecified atom stereocenters. The van der Waals surface area contributed by atoms with E-state index < -0.39 is 0 Å². The van der Waals surface area contributed by atoms with Crippen LogP contribution in [0.2, 0.25) is 0 Å². The van der Waals surface area contributed by atoms with Crippen molar-refractivity contribution in [3.8, 4) is 0 Å². The lowest BCUT2D eigenvalue weighted by Crippen LogP contribution is -2.42. The molecule has 24 heavy (non-hydrogen) atoms. The SMILES string of the molecule is CCC1(c2ccncc2)C2=C(Cc3ncsc31)CC(C)(C)CC2=O. The maximum atomic E-state index is 13.2. The van der Waals surface area contributed by atoms with Gasteiger partial charge in [-0.1, -0.05) is 26.3 Å². The number of fused-ring (bicyclic) bond motifs is 1. The Bertz CT molecular complexity index is 834. The first-order valence-electron chi connectivity index (χ1n) is 8.57. The van der Waals surface area contributed by atoms with Crippen molar-refractivity contribution in [1.29, 1.82) is 0 Å². The van der Waals surface area contributed by atoms with Crippen molar-refractivity contribution in [2.45, 2.75) is 51.9 Å². The molecular weight excluding hydrogens is 316 g/mol. The number of hydrogen-bond donors (Lipinski definition) is 0. The smallest absolute Gasteiger partial charge is 0.160 e. The number of aromatic nitrogens is 2. The number of rotatable bonds is 2. The summed E-state index contributed by atoms with van der Waals surface area (Å²) in [5.41, 5.74) is 6.31. The van der Waals surface area contributed by atoms with Gasteiger partial charge in [0, 0.05) is 35.7 Å². The van der Waals surface area contributed by atoms with E-state index in [0.717, 1.165) is 30.5 Å². The number of pyridine rings is 1.